The van der Waals surface area contributed by atoms with E-state index in [-0.39, 0.29) is 22.1 Å². The zero-order valence-corrected chi connectivity index (χ0v) is 22.9. The quantitative estimate of drug-likeness (QED) is 0.137. The number of carboxylic acids is 1. The van der Waals surface area contributed by atoms with Gasteiger partial charge in [0, 0.05) is 18.8 Å². The van der Waals surface area contributed by atoms with E-state index < -0.39 is 43.7 Å². The number of amides is 1. The van der Waals surface area contributed by atoms with Gasteiger partial charge >= 0.3 is 5.97 Å². The third-order valence-corrected chi connectivity index (χ3v) is 3.87. The van der Waals surface area contributed by atoms with Gasteiger partial charge in [0.05, 0.1) is 23.1 Å². The Hall–Kier alpha value is -3.26. The molecule has 7 N–H and O–H groups in total. The molecule has 0 aliphatic heterocycles. The van der Waals surface area contributed by atoms with Gasteiger partial charge in [0.15, 0.2) is 17.5 Å². The predicted molar refractivity (Wildman–Crippen MR) is 137 cm³/mol. The number of nitrogens with one attached hydrogen (secondary N) is 2. The first-order valence-corrected chi connectivity index (χ1v) is 14.1. The minimum Gasteiger partial charge on any atom is -0.477 e. The highest BCUT2D eigenvalue weighted by atomic mass is 35.5. The number of carbonyl (C=O) groups is 2. The van der Waals surface area contributed by atoms with Crippen molar-refractivity contribution in [3.05, 3.63) is 75.2 Å². The van der Waals surface area contributed by atoms with E-state index in [0.29, 0.717) is 36.3 Å². The Kier molecular flexibility index (Phi) is 14.6. The van der Waals surface area contributed by atoms with Gasteiger partial charge in [-0.2, -0.15) is 21.9 Å². The summed E-state index contributed by atoms with van der Waals surface area (Å²) in [7, 11) is -7.33. The van der Waals surface area contributed by atoms with Crippen LogP contribution in [0.4, 0.5) is 14.6 Å². The second-order valence-electron chi connectivity index (χ2n) is 6.83. The summed E-state index contributed by atoms with van der Waals surface area (Å²) < 4.78 is 77.7. The lowest BCUT2D eigenvalue weighted by Crippen LogP contribution is -2.13. The van der Waals surface area contributed by atoms with Crippen LogP contribution in [0.15, 0.2) is 36.5 Å². The molecule has 20 heteroatoms. The van der Waals surface area contributed by atoms with Gasteiger partial charge in [-0.15, -0.1) is 0 Å². The van der Waals surface area contributed by atoms with Crippen LogP contribution in [0.3, 0.4) is 0 Å². The van der Waals surface area contributed by atoms with Crippen LogP contribution >= 0.6 is 23.2 Å². The van der Waals surface area contributed by atoms with Crippen molar-refractivity contribution in [3.63, 3.8) is 0 Å². The first-order valence-electron chi connectivity index (χ1n) is 9.61. The van der Waals surface area contributed by atoms with Crippen molar-refractivity contribution in [3.8, 4) is 0 Å². The lowest BCUT2D eigenvalue weighted by atomic mass is 10.2. The Morgan fingerprint density at radius 1 is 1.03 bits per heavy atom. The summed E-state index contributed by atoms with van der Waals surface area (Å²) in [5.41, 5.74) is 5.78. The van der Waals surface area contributed by atoms with Gasteiger partial charge < -0.3 is 16.2 Å². The molecular weight excluding hydrogens is 615 g/mol. The molecule has 1 amide bonds. The average molecular weight is 636 g/mol. The van der Waals surface area contributed by atoms with Crippen molar-refractivity contribution < 1.29 is 49.4 Å². The van der Waals surface area contributed by atoms with Gasteiger partial charge in [0.2, 0.25) is 0 Å². The van der Waals surface area contributed by atoms with Gasteiger partial charge in [-0.3, -0.25) is 19.0 Å². The summed E-state index contributed by atoms with van der Waals surface area (Å²) in [4.78, 5) is 26.2. The predicted octanol–water partition coefficient (Wildman–Crippen LogP) is 2.49. The number of aromatic amines is 1. The van der Waals surface area contributed by atoms with Crippen molar-refractivity contribution in [1.29, 1.82) is 0 Å². The number of carboxylic acid groups (broad SMARTS) is 1. The number of aromatic nitrogens is 3. The number of nitrogens with zero attached hydrogens (tertiary/aromatic N) is 2. The minimum absolute atomic E-state index is 0.0896. The molecule has 0 aliphatic rings. The van der Waals surface area contributed by atoms with Crippen molar-refractivity contribution >= 4 is 61.1 Å². The Balaban J connectivity index is 0.000000623. The van der Waals surface area contributed by atoms with Crippen LogP contribution in [-0.4, -0.2) is 70.6 Å². The fourth-order valence-corrected chi connectivity index (χ4v) is 2.25. The zero-order valence-electron chi connectivity index (χ0n) is 19.8. The number of carbonyl (C=O) groups excluding carboxylic acids is 1. The Morgan fingerprint density at radius 3 is 1.95 bits per heavy atom. The monoisotopic (exact) mass is 635 g/mol. The molecule has 0 atom stereocenters. The van der Waals surface area contributed by atoms with Crippen LogP contribution in [0.1, 0.15) is 26.4 Å². The van der Waals surface area contributed by atoms with Gasteiger partial charge in [-0.1, -0.05) is 29.3 Å². The first-order chi connectivity index (χ1) is 17.7. The van der Waals surface area contributed by atoms with E-state index >= 15 is 0 Å². The maximum atomic E-state index is 13.1. The molecule has 216 valence electrons. The van der Waals surface area contributed by atoms with Crippen molar-refractivity contribution in [2.45, 2.75) is 6.54 Å². The molecule has 39 heavy (non-hydrogen) atoms. The van der Waals surface area contributed by atoms with Crippen LogP contribution in [0.5, 0.6) is 0 Å². The summed E-state index contributed by atoms with van der Waals surface area (Å²) in [5.74, 6) is -4.61. The standard InChI is InChI=1S/C11H6ClF2N3O3.C6H7ClN2.2CH4O3S/c12-5-2-7(14)6(13)1-4(5)10(18)15-9-3-8(11(19)20)16-17-9;7-6-2-1-5(3-8)4-9-6;2*1-5(2,3)4/h1-3H,(H,19,20)(H2,15,16,17,18);1-2,4H,3,8H2;2*1H3,(H,2,3,4). The van der Waals surface area contributed by atoms with E-state index in [2.05, 4.69) is 20.5 Å². The van der Waals surface area contributed by atoms with Crippen molar-refractivity contribution in [2.24, 2.45) is 5.73 Å². The van der Waals surface area contributed by atoms with Crippen LogP contribution in [0.2, 0.25) is 10.2 Å². The van der Waals surface area contributed by atoms with E-state index in [9.17, 15) is 35.2 Å². The number of hydrogen-bond donors (Lipinski definition) is 6. The summed E-state index contributed by atoms with van der Waals surface area (Å²) in [6, 6.07) is 5.95. The van der Waals surface area contributed by atoms with Crippen LogP contribution in [-0.2, 0) is 26.8 Å². The van der Waals surface area contributed by atoms with Crippen molar-refractivity contribution in [2.75, 3.05) is 17.8 Å². The fraction of sp³-hybridized carbons (Fsp3) is 0.158. The summed E-state index contributed by atoms with van der Waals surface area (Å²) in [6.07, 6.45) is 3.10. The van der Waals surface area contributed by atoms with Crippen LogP contribution < -0.4 is 11.1 Å². The minimum atomic E-state index is -3.67. The number of halogens is 4. The second kappa shape index (κ2) is 16.0. The Morgan fingerprint density at radius 2 is 1.54 bits per heavy atom. The molecule has 0 fully saturated rings. The molecule has 1 aromatic carbocycles. The average Bonchev–Trinajstić information content (AvgIpc) is 3.24. The SMILES string of the molecule is CS(=O)(=O)O.CS(=O)(=O)O.NCc1ccc(Cl)nc1.O=C(O)c1cc(NC(=O)c2cc(F)c(F)cc2Cl)n[nH]1. The van der Waals surface area contributed by atoms with Gasteiger partial charge in [0.1, 0.15) is 10.8 Å². The molecule has 0 saturated heterocycles. The number of aromatic carboxylic acids is 1. The molecule has 0 bridgehead atoms. The second-order valence-corrected chi connectivity index (χ2v) is 10.6. The number of nitrogens with two attached hydrogens (primary N) is 1. The van der Waals surface area contributed by atoms with E-state index in [0.717, 1.165) is 11.6 Å². The maximum absolute atomic E-state index is 13.1. The van der Waals surface area contributed by atoms with Gasteiger partial charge in [0.25, 0.3) is 26.1 Å². The third kappa shape index (κ3) is 17.8. The molecule has 0 aliphatic carbocycles. The smallest absolute Gasteiger partial charge is 0.353 e. The van der Waals surface area contributed by atoms with Crippen LogP contribution in [0.25, 0.3) is 0 Å². The molecule has 0 saturated carbocycles. The Bertz CT molecular complexity index is 1440. The summed E-state index contributed by atoms with van der Waals surface area (Å²) in [5, 5.41) is 16.8. The molecule has 0 spiro atoms. The first kappa shape index (κ1) is 35.7. The number of anilines is 1. The number of rotatable bonds is 4. The summed E-state index contributed by atoms with van der Waals surface area (Å²) >= 11 is 11.1. The zero-order chi connectivity index (χ0) is 30.6. The lowest BCUT2D eigenvalue weighted by molar-refractivity contribution is 0.0690. The molecule has 3 aromatic rings. The van der Waals surface area contributed by atoms with Gasteiger partial charge in [-0.25, -0.2) is 18.6 Å². The molecular formula is C19H21Cl2F2N5O9S2. The van der Waals surface area contributed by atoms with E-state index in [1.54, 1.807) is 12.3 Å². The summed E-state index contributed by atoms with van der Waals surface area (Å²) in [6.45, 7) is 0.518. The topological polar surface area (TPSA) is 243 Å². The largest absolute Gasteiger partial charge is 0.477 e. The van der Waals surface area contributed by atoms with Gasteiger partial charge in [-0.05, 0) is 23.8 Å². The number of hydrogen-bond acceptors (Lipinski definition) is 9. The normalized spacial score (nSPS) is 10.5. The third-order valence-electron chi connectivity index (χ3n) is 3.33. The Labute approximate surface area is 230 Å². The number of H-pyrrole nitrogens is 1. The highest BCUT2D eigenvalue weighted by Gasteiger charge is 2.17. The molecule has 3 rings (SSSR count). The van der Waals surface area contributed by atoms with Crippen molar-refractivity contribution in [1.82, 2.24) is 15.2 Å². The molecule has 0 unspecified atom stereocenters. The highest BCUT2D eigenvalue weighted by molar-refractivity contribution is 7.85. The highest BCUT2D eigenvalue weighted by Crippen LogP contribution is 2.21. The van der Waals surface area contributed by atoms with E-state index in [1.807, 2.05) is 6.07 Å². The fourth-order valence-electron chi connectivity index (χ4n) is 1.90. The van der Waals surface area contributed by atoms with Crippen LogP contribution in [0, 0.1) is 11.6 Å². The molecule has 2 heterocycles. The lowest BCUT2D eigenvalue weighted by Gasteiger charge is -2.04. The van der Waals surface area contributed by atoms with E-state index in [1.165, 1.54) is 0 Å². The molecule has 0 radical (unpaired) electrons. The molecule has 14 nitrogen and oxygen atoms in total. The number of benzene rings is 1. The molecule has 2 aromatic heterocycles. The number of pyridine rings is 1. The maximum Gasteiger partial charge on any atom is 0.353 e. The van der Waals surface area contributed by atoms with E-state index in [4.69, 9.17) is 43.1 Å².